The molecule has 0 aliphatic carbocycles. The third-order valence-electron chi connectivity index (χ3n) is 1.77. The van der Waals surface area contributed by atoms with Crippen LogP contribution in [0.2, 0.25) is 5.02 Å². The van der Waals surface area contributed by atoms with Crippen LogP contribution in [0, 0.1) is 0 Å². The van der Waals surface area contributed by atoms with Crippen molar-refractivity contribution >= 4 is 21.4 Å². The van der Waals surface area contributed by atoms with Gasteiger partial charge in [0.25, 0.3) is 0 Å². The van der Waals surface area contributed by atoms with E-state index in [4.69, 9.17) is 17.3 Å². The molecule has 2 N–H and O–H groups in total. The molecule has 0 fully saturated rings. The van der Waals surface area contributed by atoms with E-state index in [0.717, 1.165) is 5.56 Å². The Balaban J connectivity index is 3.01. The summed E-state index contributed by atoms with van der Waals surface area (Å²) in [5.41, 5.74) is 6.93. The maximum atomic E-state index is 11.0. The van der Waals surface area contributed by atoms with Gasteiger partial charge in [-0.2, -0.15) is 0 Å². The third kappa shape index (κ3) is 3.29. The van der Waals surface area contributed by atoms with E-state index in [0.29, 0.717) is 17.1 Å². The number of hydrogen-bond acceptors (Lipinski definition) is 3. The van der Waals surface area contributed by atoms with Gasteiger partial charge in [-0.05, 0) is 17.2 Å². The van der Waals surface area contributed by atoms with E-state index in [1.807, 2.05) is 0 Å². The first kappa shape index (κ1) is 11.5. The number of nitrogens with two attached hydrogens (primary N) is 1. The van der Waals surface area contributed by atoms with E-state index in [2.05, 4.69) is 0 Å². The smallest absolute Gasteiger partial charge is 0.151 e. The minimum absolute atomic E-state index is 0.0311. The van der Waals surface area contributed by atoms with E-state index in [9.17, 15) is 8.42 Å². The van der Waals surface area contributed by atoms with Crippen LogP contribution in [0.4, 0.5) is 0 Å². The van der Waals surface area contributed by atoms with Crippen molar-refractivity contribution in [1.29, 1.82) is 0 Å². The molecule has 1 aromatic carbocycles. The van der Waals surface area contributed by atoms with Crippen LogP contribution in [0.3, 0.4) is 0 Å². The summed E-state index contributed by atoms with van der Waals surface area (Å²) in [6.45, 7) is 0.402. The highest BCUT2D eigenvalue weighted by Crippen LogP contribution is 2.19. The monoisotopic (exact) mass is 233 g/mol. The normalized spacial score (nSPS) is 11.6. The Kier molecular flexibility index (Phi) is 3.53. The van der Waals surface area contributed by atoms with Crippen LogP contribution < -0.4 is 5.73 Å². The predicted molar refractivity (Wildman–Crippen MR) is 57.9 cm³/mol. The fourth-order valence-electron chi connectivity index (χ4n) is 1.12. The molecule has 0 bridgehead atoms. The summed E-state index contributed by atoms with van der Waals surface area (Å²) >= 11 is 5.89. The van der Waals surface area contributed by atoms with Gasteiger partial charge in [0.2, 0.25) is 0 Å². The van der Waals surface area contributed by atoms with Crippen LogP contribution >= 0.6 is 11.6 Å². The minimum Gasteiger partial charge on any atom is -0.326 e. The second kappa shape index (κ2) is 4.29. The molecule has 78 valence electrons. The zero-order valence-corrected chi connectivity index (χ0v) is 9.40. The minimum atomic E-state index is -3.03. The summed E-state index contributed by atoms with van der Waals surface area (Å²) in [6, 6.07) is 5.18. The average molecular weight is 234 g/mol. The zero-order chi connectivity index (χ0) is 10.8. The molecule has 0 aliphatic heterocycles. The molecule has 0 atom stereocenters. The van der Waals surface area contributed by atoms with E-state index >= 15 is 0 Å². The van der Waals surface area contributed by atoms with Gasteiger partial charge in [0, 0.05) is 17.8 Å². The van der Waals surface area contributed by atoms with Crippen molar-refractivity contribution in [1.82, 2.24) is 0 Å². The molecule has 0 aromatic heterocycles. The van der Waals surface area contributed by atoms with Gasteiger partial charge >= 0.3 is 0 Å². The van der Waals surface area contributed by atoms with Crippen LogP contribution in [-0.2, 0) is 22.1 Å². The summed E-state index contributed by atoms with van der Waals surface area (Å²) in [5, 5.41) is 0.457. The second-order valence-electron chi connectivity index (χ2n) is 3.20. The van der Waals surface area contributed by atoms with Crippen molar-refractivity contribution < 1.29 is 8.42 Å². The van der Waals surface area contributed by atoms with Crippen LogP contribution in [0.15, 0.2) is 18.2 Å². The fraction of sp³-hybridized carbons (Fsp3) is 0.333. The number of benzene rings is 1. The van der Waals surface area contributed by atoms with Crippen LogP contribution in [0.25, 0.3) is 0 Å². The Morgan fingerprint density at radius 2 is 2.07 bits per heavy atom. The average Bonchev–Trinajstić information content (AvgIpc) is 2.06. The lowest BCUT2D eigenvalue weighted by Crippen LogP contribution is -2.02. The van der Waals surface area contributed by atoms with Crippen LogP contribution in [0.1, 0.15) is 11.1 Å². The Hall–Kier alpha value is -0.580. The lowest BCUT2D eigenvalue weighted by molar-refractivity contribution is 0.601. The first-order chi connectivity index (χ1) is 6.42. The molecule has 14 heavy (non-hydrogen) atoms. The van der Waals surface area contributed by atoms with Gasteiger partial charge in [0.1, 0.15) is 0 Å². The van der Waals surface area contributed by atoms with E-state index in [1.54, 1.807) is 18.2 Å². The molecule has 0 unspecified atom stereocenters. The summed E-state index contributed by atoms with van der Waals surface area (Å²) in [4.78, 5) is 0. The van der Waals surface area contributed by atoms with E-state index in [-0.39, 0.29) is 5.75 Å². The molecule has 0 saturated heterocycles. The topological polar surface area (TPSA) is 60.2 Å². The predicted octanol–water partition coefficient (Wildman–Crippen LogP) is 1.34. The number of halogens is 1. The summed E-state index contributed by atoms with van der Waals surface area (Å²) < 4.78 is 22.0. The molecule has 5 heteroatoms. The molecular formula is C9H12ClNO2S. The van der Waals surface area contributed by atoms with Gasteiger partial charge in [-0.1, -0.05) is 23.7 Å². The maximum Gasteiger partial charge on any atom is 0.151 e. The van der Waals surface area contributed by atoms with Gasteiger partial charge in [-0.3, -0.25) is 0 Å². The quantitative estimate of drug-likeness (QED) is 0.857. The maximum absolute atomic E-state index is 11.0. The molecule has 0 heterocycles. The first-order valence-corrected chi connectivity index (χ1v) is 6.51. The van der Waals surface area contributed by atoms with Crippen molar-refractivity contribution in [2.24, 2.45) is 5.73 Å². The Bertz CT molecular complexity index is 428. The zero-order valence-electron chi connectivity index (χ0n) is 7.83. The highest BCUT2D eigenvalue weighted by Gasteiger charge is 2.08. The molecule has 0 spiro atoms. The van der Waals surface area contributed by atoms with Crippen LogP contribution in [0.5, 0.6) is 0 Å². The number of sulfone groups is 1. The third-order valence-corrected chi connectivity index (χ3v) is 2.96. The Morgan fingerprint density at radius 1 is 1.43 bits per heavy atom. The standard InChI is InChI=1S/C9H12ClNO2S/c1-14(12,13)6-8-3-2-7(5-11)4-9(8)10/h2-4H,5-6,11H2,1H3. The second-order valence-corrected chi connectivity index (χ2v) is 5.75. The summed E-state index contributed by atoms with van der Waals surface area (Å²) in [7, 11) is -3.03. The fourth-order valence-corrected chi connectivity index (χ4v) is 2.28. The molecule has 0 saturated carbocycles. The lowest BCUT2D eigenvalue weighted by atomic mass is 10.1. The molecular weight excluding hydrogens is 222 g/mol. The van der Waals surface area contributed by atoms with Gasteiger partial charge in [0.05, 0.1) is 5.75 Å². The number of hydrogen-bond donors (Lipinski definition) is 1. The van der Waals surface area contributed by atoms with Crippen molar-refractivity contribution in [3.8, 4) is 0 Å². The molecule has 0 amide bonds. The van der Waals surface area contributed by atoms with Gasteiger partial charge in [-0.15, -0.1) is 0 Å². The van der Waals surface area contributed by atoms with Gasteiger partial charge in [0.15, 0.2) is 9.84 Å². The molecule has 0 aliphatic rings. The van der Waals surface area contributed by atoms with Crippen molar-refractivity contribution in [2.75, 3.05) is 6.26 Å². The first-order valence-electron chi connectivity index (χ1n) is 4.07. The lowest BCUT2D eigenvalue weighted by Gasteiger charge is -2.04. The van der Waals surface area contributed by atoms with Crippen molar-refractivity contribution in [2.45, 2.75) is 12.3 Å². The SMILES string of the molecule is CS(=O)(=O)Cc1ccc(CN)cc1Cl. The van der Waals surface area contributed by atoms with E-state index in [1.165, 1.54) is 6.26 Å². The Labute approximate surface area is 88.8 Å². The van der Waals surface area contributed by atoms with Gasteiger partial charge in [-0.25, -0.2) is 8.42 Å². The summed E-state index contributed by atoms with van der Waals surface area (Å²) in [5.74, 6) is -0.0311. The highest BCUT2D eigenvalue weighted by molar-refractivity contribution is 7.89. The highest BCUT2D eigenvalue weighted by atomic mass is 35.5. The largest absolute Gasteiger partial charge is 0.326 e. The van der Waals surface area contributed by atoms with E-state index < -0.39 is 9.84 Å². The Morgan fingerprint density at radius 3 is 2.50 bits per heavy atom. The number of rotatable bonds is 3. The molecule has 0 radical (unpaired) electrons. The van der Waals surface area contributed by atoms with Crippen molar-refractivity contribution in [3.05, 3.63) is 34.3 Å². The molecule has 1 rings (SSSR count). The summed E-state index contributed by atoms with van der Waals surface area (Å²) in [6.07, 6.45) is 1.18. The van der Waals surface area contributed by atoms with Crippen LogP contribution in [-0.4, -0.2) is 14.7 Å². The molecule has 1 aromatic rings. The van der Waals surface area contributed by atoms with Gasteiger partial charge < -0.3 is 5.73 Å². The van der Waals surface area contributed by atoms with Crippen molar-refractivity contribution in [3.63, 3.8) is 0 Å². The molecule has 3 nitrogen and oxygen atoms in total.